The summed E-state index contributed by atoms with van der Waals surface area (Å²) in [6.45, 7) is 2.36. The fourth-order valence-electron chi connectivity index (χ4n) is 1.21. The summed E-state index contributed by atoms with van der Waals surface area (Å²) < 4.78 is 5.05. The lowest BCUT2D eigenvalue weighted by molar-refractivity contribution is 0.0500. The van der Waals surface area contributed by atoms with E-state index in [0.717, 1.165) is 12.8 Å². The Balaban J connectivity index is 2.88. The van der Waals surface area contributed by atoms with Gasteiger partial charge in [0.05, 0.1) is 6.61 Å². The molecule has 0 radical (unpaired) electrons. The Kier molecular flexibility index (Phi) is 5.03. The van der Waals surface area contributed by atoms with E-state index < -0.39 is 5.97 Å². The third kappa shape index (κ3) is 3.49. The quantitative estimate of drug-likeness (QED) is 0.627. The van der Waals surface area contributed by atoms with Gasteiger partial charge in [-0.25, -0.2) is 4.79 Å². The van der Waals surface area contributed by atoms with Crippen LogP contribution in [0.3, 0.4) is 0 Å². The fraction of sp³-hybridized carbons (Fsp3) is 0.455. The van der Waals surface area contributed by atoms with Gasteiger partial charge in [0.2, 0.25) is 5.88 Å². The summed E-state index contributed by atoms with van der Waals surface area (Å²) in [7, 11) is 1.60. The minimum absolute atomic E-state index is 0.0199. The molecule has 0 amide bonds. The Bertz CT molecular complexity index is 410. The number of carbonyl (C=O) groups excluding carboxylic acids is 1. The van der Waals surface area contributed by atoms with Gasteiger partial charge in [0.15, 0.2) is 0 Å². The molecule has 0 saturated heterocycles. The van der Waals surface area contributed by atoms with Crippen molar-refractivity contribution < 1.29 is 14.6 Å². The average molecular weight is 259 g/mol. The number of nitrogens with one attached hydrogen (secondary N) is 1. The summed E-state index contributed by atoms with van der Waals surface area (Å²) in [4.78, 5) is 15.5. The number of anilines is 1. The standard InChI is InChI=1S/C11H15ClN2O3/c1-3-4-5-17-11(16)7-6-8(12)10(15)14-9(7)13-2/h6H,3-5H2,1-2H3,(H2,13,14,15). The van der Waals surface area contributed by atoms with Crippen molar-refractivity contribution in [1.82, 2.24) is 4.98 Å². The van der Waals surface area contributed by atoms with Gasteiger partial charge in [-0.2, -0.15) is 4.98 Å². The van der Waals surface area contributed by atoms with Crippen molar-refractivity contribution in [3.8, 4) is 5.88 Å². The van der Waals surface area contributed by atoms with E-state index in [2.05, 4.69) is 10.3 Å². The molecule has 0 aromatic carbocycles. The van der Waals surface area contributed by atoms with E-state index in [1.807, 2.05) is 6.92 Å². The zero-order valence-electron chi connectivity index (χ0n) is 9.79. The molecule has 5 nitrogen and oxygen atoms in total. The highest BCUT2D eigenvalue weighted by molar-refractivity contribution is 6.32. The molecular formula is C11H15ClN2O3. The summed E-state index contributed by atoms with van der Waals surface area (Å²) in [5.41, 5.74) is 0.214. The number of carbonyl (C=O) groups is 1. The van der Waals surface area contributed by atoms with Crippen LogP contribution in [0.4, 0.5) is 5.82 Å². The first-order chi connectivity index (χ1) is 8.10. The molecule has 1 rings (SSSR count). The van der Waals surface area contributed by atoms with E-state index in [4.69, 9.17) is 16.3 Å². The van der Waals surface area contributed by atoms with Crippen molar-refractivity contribution in [1.29, 1.82) is 0 Å². The first-order valence-electron chi connectivity index (χ1n) is 5.34. The highest BCUT2D eigenvalue weighted by atomic mass is 35.5. The highest BCUT2D eigenvalue weighted by Gasteiger charge is 2.16. The van der Waals surface area contributed by atoms with Gasteiger partial charge in [0.1, 0.15) is 16.4 Å². The summed E-state index contributed by atoms with van der Waals surface area (Å²) in [5.74, 6) is -0.577. The Morgan fingerprint density at radius 1 is 1.65 bits per heavy atom. The van der Waals surface area contributed by atoms with E-state index in [1.165, 1.54) is 6.07 Å². The molecule has 0 aliphatic heterocycles. The van der Waals surface area contributed by atoms with Crippen molar-refractivity contribution in [3.63, 3.8) is 0 Å². The van der Waals surface area contributed by atoms with Crippen molar-refractivity contribution in [2.75, 3.05) is 19.0 Å². The van der Waals surface area contributed by atoms with Crippen molar-refractivity contribution in [2.45, 2.75) is 19.8 Å². The molecule has 94 valence electrons. The number of unbranched alkanes of at least 4 members (excludes halogenated alkanes) is 1. The topological polar surface area (TPSA) is 71.5 Å². The first kappa shape index (κ1) is 13.6. The van der Waals surface area contributed by atoms with E-state index in [-0.39, 0.29) is 22.3 Å². The van der Waals surface area contributed by atoms with Crippen LogP contribution >= 0.6 is 11.6 Å². The summed E-state index contributed by atoms with van der Waals surface area (Å²) in [6.07, 6.45) is 1.75. The van der Waals surface area contributed by atoms with Crippen LogP contribution in [0.1, 0.15) is 30.1 Å². The number of aromatic nitrogens is 1. The zero-order chi connectivity index (χ0) is 12.8. The molecule has 0 bridgehead atoms. The Morgan fingerprint density at radius 3 is 2.94 bits per heavy atom. The molecule has 6 heteroatoms. The number of esters is 1. The monoisotopic (exact) mass is 258 g/mol. The van der Waals surface area contributed by atoms with E-state index in [9.17, 15) is 9.90 Å². The molecule has 1 heterocycles. The predicted octanol–water partition coefficient (Wildman–Crippen LogP) is 2.44. The molecule has 1 aromatic rings. The fourth-order valence-corrected chi connectivity index (χ4v) is 1.36. The minimum Gasteiger partial charge on any atom is -0.492 e. The second-order valence-electron chi connectivity index (χ2n) is 3.43. The number of ether oxygens (including phenoxy) is 1. The largest absolute Gasteiger partial charge is 0.492 e. The SMILES string of the molecule is CCCCOC(=O)c1cc(Cl)c(O)nc1NC. The number of rotatable bonds is 5. The van der Waals surface area contributed by atoms with Crippen LogP contribution in [0.5, 0.6) is 5.88 Å². The maximum Gasteiger partial charge on any atom is 0.341 e. The van der Waals surface area contributed by atoms with Crippen LogP contribution in [0.15, 0.2) is 6.07 Å². The van der Waals surface area contributed by atoms with Crippen molar-refractivity contribution >= 4 is 23.4 Å². The molecular weight excluding hydrogens is 244 g/mol. The number of aromatic hydroxyl groups is 1. The molecule has 17 heavy (non-hydrogen) atoms. The van der Waals surface area contributed by atoms with Crippen LogP contribution < -0.4 is 5.32 Å². The van der Waals surface area contributed by atoms with Gasteiger partial charge in [0, 0.05) is 7.05 Å². The maximum atomic E-state index is 11.7. The van der Waals surface area contributed by atoms with Crippen molar-refractivity contribution in [3.05, 3.63) is 16.7 Å². The Morgan fingerprint density at radius 2 is 2.35 bits per heavy atom. The molecule has 2 N–H and O–H groups in total. The van der Waals surface area contributed by atoms with Gasteiger partial charge in [-0.05, 0) is 12.5 Å². The van der Waals surface area contributed by atoms with Gasteiger partial charge in [-0.15, -0.1) is 0 Å². The second-order valence-corrected chi connectivity index (χ2v) is 3.84. The first-order valence-corrected chi connectivity index (χ1v) is 5.72. The third-order valence-corrected chi connectivity index (χ3v) is 2.42. The lowest BCUT2D eigenvalue weighted by Gasteiger charge is -2.09. The van der Waals surface area contributed by atoms with Crippen LogP contribution in [0.25, 0.3) is 0 Å². The molecule has 0 aliphatic carbocycles. The predicted molar refractivity (Wildman–Crippen MR) is 65.6 cm³/mol. The lowest BCUT2D eigenvalue weighted by atomic mass is 10.2. The van der Waals surface area contributed by atoms with Crippen LogP contribution in [0.2, 0.25) is 5.02 Å². The van der Waals surface area contributed by atoms with Gasteiger partial charge in [-0.3, -0.25) is 0 Å². The van der Waals surface area contributed by atoms with Crippen LogP contribution in [0, 0.1) is 0 Å². The van der Waals surface area contributed by atoms with Crippen molar-refractivity contribution in [2.24, 2.45) is 0 Å². The molecule has 0 unspecified atom stereocenters. The molecule has 1 aromatic heterocycles. The third-order valence-electron chi connectivity index (χ3n) is 2.15. The van der Waals surface area contributed by atoms with Crippen LogP contribution in [-0.4, -0.2) is 29.7 Å². The van der Waals surface area contributed by atoms with E-state index in [0.29, 0.717) is 6.61 Å². The van der Waals surface area contributed by atoms with E-state index >= 15 is 0 Å². The average Bonchev–Trinajstić information content (AvgIpc) is 2.32. The molecule has 0 spiro atoms. The van der Waals surface area contributed by atoms with Gasteiger partial charge in [-0.1, -0.05) is 24.9 Å². The zero-order valence-corrected chi connectivity index (χ0v) is 10.5. The Labute approximate surface area is 105 Å². The van der Waals surface area contributed by atoms with Crippen LogP contribution in [-0.2, 0) is 4.74 Å². The summed E-state index contributed by atoms with van der Waals surface area (Å²) in [5, 5.41) is 12.0. The number of pyridine rings is 1. The minimum atomic E-state index is -0.503. The number of hydrogen-bond donors (Lipinski definition) is 2. The maximum absolute atomic E-state index is 11.7. The number of halogens is 1. The summed E-state index contributed by atoms with van der Waals surface area (Å²) in [6, 6.07) is 1.34. The molecule has 0 atom stereocenters. The van der Waals surface area contributed by atoms with Gasteiger partial charge in [0.25, 0.3) is 0 Å². The molecule has 0 fully saturated rings. The lowest BCUT2D eigenvalue weighted by Crippen LogP contribution is -2.10. The van der Waals surface area contributed by atoms with Gasteiger partial charge < -0.3 is 15.2 Å². The summed E-state index contributed by atoms with van der Waals surface area (Å²) >= 11 is 5.70. The second kappa shape index (κ2) is 6.30. The number of hydrogen-bond acceptors (Lipinski definition) is 5. The molecule has 0 aliphatic rings. The molecule has 0 saturated carbocycles. The highest BCUT2D eigenvalue weighted by Crippen LogP contribution is 2.26. The number of nitrogens with zero attached hydrogens (tertiary/aromatic N) is 1. The Hall–Kier alpha value is -1.49. The van der Waals surface area contributed by atoms with E-state index in [1.54, 1.807) is 7.05 Å². The smallest absolute Gasteiger partial charge is 0.341 e. The normalized spacial score (nSPS) is 10.1. The van der Waals surface area contributed by atoms with Gasteiger partial charge >= 0.3 is 5.97 Å².